The first-order valence-corrected chi connectivity index (χ1v) is 9.27. The van der Waals surface area contributed by atoms with E-state index in [0.717, 1.165) is 16.7 Å². The number of ether oxygens (including phenoxy) is 2. The maximum Gasteiger partial charge on any atom is 0.344 e. The highest BCUT2D eigenvalue weighted by atomic mass is 16.5. The van der Waals surface area contributed by atoms with Gasteiger partial charge in [0.25, 0.3) is 0 Å². The van der Waals surface area contributed by atoms with E-state index in [2.05, 4.69) is 0 Å². The number of carbonyl (C=O) groups excluding carboxylic acids is 2. The number of fused-ring (bicyclic) bond motifs is 2. The van der Waals surface area contributed by atoms with E-state index in [-0.39, 0.29) is 0 Å². The molecule has 0 saturated heterocycles. The number of carbonyl (C=O) groups is 2. The van der Waals surface area contributed by atoms with Gasteiger partial charge in [0.1, 0.15) is 11.5 Å². The van der Waals surface area contributed by atoms with Crippen LogP contribution in [0.2, 0.25) is 0 Å². The van der Waals surface area contributed by atoms with Crippen LogP contribution in [0.1, 0.15) is 16.7 Å². The lowest BCUT2D eigenvalue weighted by Crippen LogP contribution is -2.10. The minimum absolute atomic E-state index is 0.403. The lowest BCUT2D eigenvalue weighted by molar-refractivity contribution is -0.128. The van der Waals surface area contributed by atoms with Crippen LogP contribution >= 0.6 is 0 Å². The second kappa shape index (κ2) is 6.60. The first-order valence-electron chi connectivity index (χ1n) is 9.27. The minimum atomic E-state index is -0.418. The van der Waals surface area contributed by atoms with Crippen molar-refractivity contribution >= 4 is 29.2 Å². The molecule has 140 valence electrons. The number of esters is 2. The predicted molar refractivity (Wildman–Crippen MR) is 110 cm³/mol. The Morgan fingerprint density at radius 3 is 2.14 bits per heavy atom. The zero-order chi connectivity index (χ0) is 20.0. The molecule has 0 aromatic heterocycles. The molecule has 0 radical (unpaired) electrons. The molecular weight excluding hydrogens is 364 g/mol. The topological polar surface area (TPSA) is 52.6 Å². The van der Waals surface area contributed by atoms with E-state index in [1.807, 2.05) is 67.6 Å². The molecule has 0 spiro atoms. The van der Waals surface area contributed by atoms with E-state index in [0.29, 0.717) is 33.1 Å². The average molecular weight is 380 g/mol. The summed E-state index contributed by atoms with van der Waals surface area (Å²) in [7, 11) is 0. The van der Waals surface area contributed by atoms with E-state index < -0.39 is 11.9 Å². The van der Waals surface area contributed by atoms with Crippen molar-refractivity contribution in [1.82, 2.24) is 0 Å². The molecular formula is C25H16O4. The average Bonchev–Trinajstić information content (AvgIpc) is 3.20. The summed E-state index contributed by atoms with van der Waals surface area (Å²) < 4.78 is 11.0. The number of rotatable bonds is 3. The van der Waals surface area contributed by atoms with Gasteiger partial charge in [-0.2, -0.15) is 0 Å². The van der Waals surface area contributed by atoms with Gasteiger partial charge in [-0.1, -0.05) is 66.2 Å². The molecule has 0 fully saturated rings. The fourth-order valence-corrected chi connectivity index (χ4v) is 3.56. The Hall–Kier alpha value is -3.92. The van der Waals surface area contributed by atoms with Crippen LogP contribution in [-0.4, -0.2) is 11.9 Å². The van der Waals surface area contributed by atoms with Crippen molar-refractivity contribution in [2.24, 2.45) is 0 Å². The summed E-state index contributed by atoms with van der Waals surface area (Å²) in [4.78, 5) is 24.9. The second-order valence-corrected chi connectivity index (χ2v) is 7.02. The molecule has 0 aliphatic carbocycles. The van der Waals surface area contributed by atoms with Gasteiger partial charge in [0, 0.05) is 10.4 Å². The standard InChI is InChI=1S/C25H16O4/c1-15-7-10-17(11-8-15)23-20-14-21-19(13-22(20)29-25(23)27)18(24(26)28-21)12-9-16-5-3-2-4-6-16/h2-14H,1H3. The van der Waals surface area contributed by atoms with Crippen LogP contribution in [0.5, 0.6) is 11.5 Å². The molecule has 0 saturated carbocycles. The van der Waals surface area contributed by atoms with Crippen molar-refractivity contribution in [2.75, 3.05) is 0 Å². The molecule has 29 heavy (non-hydrogen) atoms. The molecule has 0 bridgehead atoms. The molecule has 0 atom stereocenters. The summed E-state index contributed by atoms with van der Waals surface area (Å²) in [5.41, 5.74) is 3.77. The maximum atomic E-state index is 12.5. The number of benzene rings is 3. The molecule has 2 heterocycles. The predicted octanol–water partition coefficient (Wildman–Crippen LogP) is 2.90. The monoisotopic (exact) mass is 380 g/mol. The molecule has 3 aromatic rings. The Kier molecular flexibility index (Phi) is 3.91. The van der Waals surface area contributed by atoms with Crippen molar-refractivity contribution in [1.29, 1.82) is 0 Å². The van der Waals surface area contributed by atoms with Crippen molar-refractivity contribution in [3.05, 3.63) is 99.9 Å². The summed E-state index contributed by atoms with van der Waals surface area (Å²) in [6.45, 7) is 1.99. The van der Waals surface area contributed by atoms with Crippen molar-refractivity contribution in [2.45, 2.75) is 6.92 Å². The van der Waals surface area contributed by atoms with Crippen LogP contribution in [0.15, 0.2) is 72.8 Å². The van der Waals surface area contributed by atoms with Crippen molar-refractivity contribution in [3.8, 4) is 11.5 Å². The Morgan fingerprint density at radius 1 is 0.724 bits per heavy atom. The van der Waals surface area contributed by atoms with Crippen molar-refractivity contribution in [3.63, 3.8) is 0 Å². The highest BCUT2D eigenvalue weighted by Gasteiger charge is 2.29. The summed E-state index contributed by atoms with van der Waals surface area (Å²) in [5, 5.41) is 1.26. The summed E-state index contributed by atoms with van der Waals surface area (Å²) in [6.07, 6.45) is 3.59. The quantitative estimate of drug-likeness (QED) is 0.518. The lowest BCUT2D eigenvalue weighted by Gasteiger charge is -2.00. The van der Waals surface area contributed by atoms with Crippen LogP contribution < -0.4 is 19.9 Å². The third-order valence-corrected chi connectivity index (χ3v) is 5.05. The van der Waals surface area contributed by atoms with Crippen LogP contribution in [0.4, 0.5) is 0 Å². The van der Waals surface area contributed by atoms with E-state index in [4.69, 9.17) is 9.47 Å². The van der Waals surface area contributed by atoms with Gasteiger partial charge in [0.2, 0.25) is 0 Å². The van der Waals surface area contributed by atoms with Gasteiger partial charge >= 0.3 is 11.9 Å². The molecule has 2 aliphatic rings. The van der Waals surface area contributed by atoms with Gasteiger partial charge in [-0.15, -0.1) is 0 Å². The summed E-state index contributed by atoms with van der Waals surface area (Å²) in [6, 6.07) is 20.8. The minimum Gasteiger partial charge on any atom is -0.422 e. The third kappa shape index (κ3) is 2.95. The Labute approximate surface area is 167 Å². The number of hydrogen-bond donors (Lipinski definition) is 0. The van der Waals surface area contributed by atoms with E-state index in [1.54, 1.807) is 18.2 Å². The third-order valence-electron chi connectivity index (χ3n) is 5.05. The fourth-order valence-electron chi connectivity index (χ4n) is 3.56. The highest BCUT2D eigenvalue weighted by molar-refractivity contribution is 6.20. The van der Waals surface area contributed by atoms with E-state index in [1.165, 1.54) is 0 Å². The highest BCUT2D eigenvalue weighted by Crippen LogP contribution is 2.25. The smallest absolute Gasteiger partial charge is 0.344 e. The number of hydrogen-bond acceptors (Lipinski definition) is 4. The molecule has 4 heteroatoms. The van der Waals surface area contributed by atoms with Crippen LogP contribution in [0, 0.1) is 6.92 Å². The van der Waals surface area contributed by atoms with Crippen LogP contribution in [0.3, 0.4) is 0 Å². The molecule has 5 rings (SSSR count). The molecule has 0 unspecified atom stereocenters. The molecule has 3 aromatic carbocycles. The second-order valence-electron chi connectivity index (χ2n) is 7.02. The fraction of sp³-hybridized carbons (Fsp3) is 0.0400. The number of aryl methyl sites for hydroxylation is 1. The Bertz CT molecular complexity index is 1310. The largest absolute Gasteiger partial charge is 0.422 e. The van der Waals surface area contributed by atoms with Crippen LogP contribution in [0.25, 0.3) is 17.2 Å². The Balaban J connectivity index is 1.67. The first-order chi connectivity index (χ1) is 14.1. The van der Waals surface area contributed by atoms with Gasteiger partial charge in [-0.25, -0.2) is 9.59 Å². The summed E-state index contributed by atoms with van der Waals surface area (Å²) in [5.74, 6) is 0.0527. The Morgan fingerprint density at radius 2 is 1.38 bits per heavy atom. The molecule has 2 aliphatic heterocycles. The van der Waals surface area contributed by atoms with Gasteiger partial charge < -0.3 is 9.47 Å². The molecule has 0 amide bonds. The zero-order valence-corrected chi connectivity index (χ0v) is 15.6. The zero-order valence-electron chi connectivity index (χ0n) is 15.6. The van der Waals surface area contributed by atoms with Crippen molar-refractivity contribution < 1.29 is 19.1 Å². The van der Waals surface area contributed by atoms with Gasteiger partial charge in [0.05, 0.1) is 11.1 Å². The van der Waals surface area contributed by atoms with Gasteiger partial charge in [-0.3, -0.25) is 0 Å². The van der Waals surface area contributed by atoms with Crippen LogP contribution in [-0.2, 0) is 9.59 Å². The van der Waals surface area contributed by atoms with Gasteiger partial charge in [-0.05, 0) is 36.3 Å². The normalized spacial score (nSPS) is 14.8. The van der Waals surface area contributed by atoms with E-state index >= 15 is 0 Å². The molecule has 0 N–H and O–H groups in total. The molecule has 4 nitrogen and oxygen atoms in total. The first kappa shape index (κ1) is 17.2. The van der Waals surface area contributed by atoms with E-state index in [9.17, 15) is 9.59 Å². The SMILES string of the molecule is Cc1ccc(C2=c3cc4c(cc3OC2=O)=C(C=Cc2ccccc2)C(=O)O4)cc1. The van der Waals surface area contributed by atoms with Gasteiger partial charge in [0.15, 0.2) is 0 Å². The summed E-state index contributed by atoms with van der Waals surface area (Å²) >= 11 is 0. The maximum absolute atomic E-state index is 12.5. The lowest BCUT2D eigenvalue weighted by atomic mass is 10.0.